The normalized spacial score (nSPS) is 10.7. The maximum absolute atomic E-state index is 2.30. The molecule has 0 N–H and O–H groups in total. The van der Waals surface area contributed by atoms with Crippen LogP contribution < -0.4 is 21.2 Å². The molecule has 0 nitrogen and oxygen atoms in total. The van der Waals surface area contributed by atoms with Crippen molar-refractivity contribution >= 4 is 37.1 Å². The van der Waals surface area contributed by atoms with Crippen LogP contribution in [0.2, 0.25) is 0 Å². The molecule has 0 aliphatic rings. The third-order valence-electron chi connectivity index (χ3n) is 4.82. The fourth-order valence-corrected chi connectivity index (χ4v) is 8.80. The van der Waals surface area contributed by atoms with Gasteiger partial charge in [-0.2, -0.15) is 0 Å². The number of benzene rings is 4. The molecule has 4 aromatic rings. The first-order valence-electron chi connectivity index (χ1n) is 9.67. The Morgan fingerprint density at radius 3 is 0.759 bits per heavy atom. The van der Waals surface area contributed by atoms with Gasteiger partial charge in [0.15, 0.2) is 0 Å². The van der Waals surface area contributed by atoms with Crippen molar-refractivity contribution in [1.82, 2.24) is 0 Å². The number of hydrogen-bond acceptors (Lipinski definition) is 0. The van der Waals surface area contributed by atoms with Crippen molar-refractivity contribution in [3.63, 3.8) is 0 Å². The van der Waals surface area contributed by atoms with Gasteiger partial charge < -0.3 is 0 Å². The first-order valence-corrected chi connectivity index (χ1v) is 12.7. The molecule has 0 saturated carbocycles. The zero-order valence-corrected chi connectivity index (χ0v) is 19.5. The average molecular weight is 505 g/mol. The van der Waals surface area contributed by atoms with Gasteiger partial charge in [-0.25, -0.2) is 0 Å². The van der Waals surface area contributed by atoms with Gasteiger partial charge in [0.2, 0.25) is 0 Å². The van der Waals surface area contributed by atoms with Gasteiger partial charge in [0.05, 0.1) is 0 Å². The number of rotatable bonds is 7. The summed E-state index contributed by atoms with van der Waals surface area (Å²) in [7, 11) is -0.696. The molecule has 0 aromatic heterocycles. The van der Waals surface area contributed by atoms with Crippen molar-refractivity contribution in [2.45, 2.75) is 0 Å². The molecule has 4 aromatic carbocycles. The van der Waals surface area contributed by atoms with Gasteiger partial charge >= 0.3 is 20.4 Å². The van der Waals surface area contributed by atoms with Crippen LogP contribution >= 0.6 is 15.8 Å². The predicted octanol–water partition coefficient (Wildman–Crippen LogP) is 5.25. The van der Waals surface area contributed by atoms with Gasteiger partial charge in [0.1, 0.15) is 0 Å². The van der Waals surface area contributed by atoms with E-state index in [0.29, 0.717) is 0 Å². The Hall–Kier alpha value is -1.60. The van der Waals surface area contributed by atoms with Gasteiger partial charge in [-0.1, -0.05) is 121 Å². The van der Waals surface area contributed by atoms with Gasteiger partial charge in [-0.05, 0) is 49.4 Å². The zero-order chi connectivity index (χ0) is 19.0. The molecule has 0 spiro atoms. The molecule has 4 rings (SSSR count). The second kappa shape index (κ2) is 11.6. The van der Waals surface area contributed by atoms with E-state index in [4.69, 9.17) is 0 Å². The van der Waals surface area contributed by atoms with E-state index in [-0.39, 0.29) is 36.3 Å². The standard InChI is InChI=1S/C26H24P2.Pd/c1-5-13-23(14-6-1)27(24-15-7-2-8-16-24)21-22-28(25-17-9-3-10-18-25)26-19-11-4-12-20-26;/h1-20H,21-22H2;/q;+2. The van der Waals surface area contributed by atoms with Gasteiger partial charge in [-0.3, -0.25) is 0 Å². The summed E-state index contributed by atoms with van der Waals surface area (Å²) in [4.78, 5) is 0. The summed E-state index contributed by atoms with van der Waals surface area (Å²) < 4.78 is 0. The van der Waals surface area contributed by atoms with Crippen molar-refractivity contribution in [2.24, 2.45) is 0 Å². The molecule has 0 saturated heterocycles. The molecule has 0 bridgehead atoms. The molecular formula is C26H24P2Pd+2. The van der Waals surface area contributed by atoms with E-state index in [1.807, 2.05) is 0 Å². The SMILES string of the molecule is [Pd+2].c1ccc(P(CCP(c2ccccc2)c2ccccc2)c2ccccc2)cc1. The third kappa shape index (κ3) is 5.95. The van der Waals surface area contributed by atoms with E-state index in [9.17, 15) is 0 Å². The fourth-order valence-electron chi connectivity index (χ4n) is 3.45. The van der Waals surface area contributed by atoms with E-state index in [2.05, 4.69) is 121 Å². The van der Waals surface area contributed by atoms with E-state index >= 15 is 0 Å². The largest absolute Gasteiger partial charge is 2.00 e. The summed E-state index contributed by atoms with van der Waals surface area (Å²) in [5.74, 6) is 0. The Balaban J connectivity index is 0.00000240. The monoisotopic (exact) mass is 504 g/mol. The molecule has 0 aliphatic heterocycles. The minimum absolute atomic E-state index is 0. The molecule has 0 aliphatic carbocycles. The molecule has 0 atom stereocenters. The van der Waals surface area contributed by atoms with Gasteiger partial charge in [0, 0.05) is 0 Å². The van der Waals surface area contributed by atoms with Crippen molar-refractivity contribution in [2.75, 3.05) is 12.3 Å². The van der Waals surface area contributed by atoms with Crippen LogP contribution in [0.4, 0.5) is 0 Å². The van der Waals surface area contributed by atoms with Gasteiger partial charge in [-0.15, -0.1) is 0 Å². The molecule has 146 valence electrons. The van der Waals surface area contributed by atoms with Crippen LogP contribution in [-0.4, -0.2) is 12.3 Å². The zero-order valence-electron chi connectivity index (χ0n) is 16.2. The quantitative estimate of drug-likeness (QED) is 0.238. The molecule has 0 heterocycles. The Labute approximate surface area is 190 Å². The molecule has 3 heteroatoms. The summed E-state index contributed by atoms with van der Waals surface area (Å²) >= 11 is 0. The Morgan fingerprint density at radius 2 is 0.552 bits per heavy atom. The van der Waals surface area contributed by atoms with Crippen LogP contribution in [-0.2, 0) is 20.4 Å². The summed E-state index contributed by atoms with van der Waals surface area (Å²) in [6, 6.07) is 44.2. The first kappa shape index (κ1) is 22.1. The van der Waals surface area contributed by atoms with Crippen LogP contribution in [0.25, 0.3) is 0 Å². The maximum Gasteiger partial charge on any atom is 2.00 e. The molecular weight excluding hydrogens is 481 g/mol. The predicted molar refractivity (Wildman–Crippen MR) is 128 cm³/mol. The molecule has 0 unspecified atom stereocenters. The first-order chi connectivity index (χ1) is 13.9. The summed E-state index contributed by atoms with van der Waals surface area (Å²) in [5.41, 5.74) is 0. The Bertz CT molecular complexity index is 798. The van der Waals surface area contributed by atoms with E-state index in [0.717, 1.165) is 0 Å². The van der Waals surface area contributed by atoms with Crippen molar-refractivity contribution < 1.29 is 20.4 Å². The second-order valence-corrected chi connectivity index (χ2v) is 11.3. The molecule has 0 fully saturated rings. The minimum atomic E-state index is -0.348. The van der Waals surface area contributed by atoms with Crippen LogP contribution in [0.3, 0.4) is 0 Å². The van der Waals surface area contributed by atoms with E-state index < -0.39 is 0 Å². The smallest absolute Gasteiger partial charge is 0.0622 e. The fraction of sp³-hybridized carbons (Fsp3) is 0.0769. The molecule has 0 radical (unpaired) electrons. The van der Waals surface area contributed by atoms with Gasteiger partial charge in [0.25, 0.3) is 0 Å². The van der Waals surface area contributed by atoms with Crippen molar-refractivity contribution in [3.8, 4) is 0 Å². The van der Waals surface area contributed by atoms with E-state index in [1.165, 1.54) is 33.5 Å². The van der Waals surface area contributed by atoms with Crippen LogP contribution in [0, 0.1) is 0 Å². The van der Waals surface area contributed by atoms with Crippen LogP contribution in [0.1, 0.15) is 0 Å². The topological polar surface area (TPSA) is 0 Å². The third-order valence-corrected chi connectivity index (χ3v) is 10.2. The van der Waals surface area contributed by atoms with Crippen LogP contribution in [0.5, 0.6) is 0 Å². The summed E-state index contributed by atoms with van der Waals surface area (Å²) in [5, 5.41) is 5.89. The maximum atomic E-state index is 2.30. The van der Waals surface area contributed by atoms with Crippen LogP contribution in [0.15, 0.2) is 121 Å². The van der Waals surface area contributed by atoms with E-state index in [1.54, 1.807) is 0 Å². The van der Waals surface area contributed by atoms with Crippen molar-refractivity contribution in [3.05, 3.63) is 121 Å². The average Bonchev–Trinajstić information content (AvgIpc) is 2.79. The second-order valence-electron chi connectivity index (χ2n) is 6.65. The summed E-state index contributed by atoms with van der Waals surface area (Å²) in [6.07, 6.45) is 2.41. The Kier molecular flexibility index (Phi) is 8.80. The number of hydrogen-bond donors (Lipinski definition) is 0. The summed E-state index contributed by atoms with van der Waals surface area (Å²) in [6.45, 7) is 0. The molecule has 29 heavy (non-hydrogen) atoms. The Morgan fingerprint density at radius 1 is 0.345 bits per heavy atom. The van der Waals surface area contributed by atoms with Crippen molar-refractivity contribution in [1.29, 1.82) is 0 Å². The minimum Gasteiger partial charge on any atom is -0.0622 e. The molecule has 0 amide bonds.